The maximum Gasteiger partial charge on any atom is 0.245 e. The summed E-state index contributed by atoms with van der Waals surface area (Å²) in [5.74, 6) is -0.412. The van der Waals surface area contributed by atoms with E-state index in [0.717, 1.165) is 4.31 Å². The number of carbonyl (C=O) groups is 1. The number of halogens is 2. The molecule has 0 aliphatic heterocycles. The Morgan fingerprint density at radius 3 is 2.52 bits per heavy atom. The number of nitrogen functional groups attached to an aromatic ring is 1. The van der Waals surface area contributed by atoms with Crippen LogP contribution in [0, 0.1) is 0 Å². The summed E-state index contributed by atoms with van der Waals surface area (Å²) in [6.45, 7) is 1.71. The van der Waals surface area contributed by atoms with Crippen LogP contribution in [0.15, 0.2) is 17.0 Å². The van der Waals surface area contributed by atoms with Gasteiger partial charge in [0.1, 0.15) is 4.90 Å². The number of amides is 1. The number of hydrogen-bond donors (Lipinski definition) is 2. The minimum atomic E-state index is -3.94. The van der Waals surface area contributed by atoms with Gasteiger partial charge in [0.15, 0.2) is 0 Å². The lowest BCUT2D eigenvalue weighted by Gasteiger charge is -2.21. The molecular formula is C12H17Cl2N3O3S. The summed E-state index contributed by atoms with van der Waals surface area (Å²) in [7, 11) is -2.50. The van der Waals surface area contributed by atoms with Gasteiger partial charge in [0.25, 0.3) is 0 Å². The number of nitrogens with zero attached hydrogens (tertiary/aromatic N) is 1. The highest BCUT2D eigenvalue weighted by molar-refractivity contribution is 7.89. The van der Waals surface area contributed by atoms with E-state index in [9.17, 15) is 13.2 Å². The summed E-state index contributed by atoms with van der Waals surface area (Å²) >= 11 is 11.8. The van der Waals surface area contributed by atoms with E-state index in [2.05, 4.69) is 5.32 Å². The van der Waals surface area contributed by atoms with Gasteiger partial charge in [0, 0.05) is 13.6 Å². The molecule has 0 fully saturated rings. The second-order valence-electron chi connectivity index (χ2n) is 4.28. The Balaban J connectivity index is 3.29. The molecule has 0 radical (unpaired) electrons. The molecule has 1 rings (SSSR count). The highest BCUT2D eigenvalue weighted by Crippen LogP contribution is 2.34. The predicted octanol–water partition coefficient (Wildman–Crippen LogP) is 1.72. The Morgan fingerprint density at radius 2 is 2.00 bits per heavy atom. The van der Waals surface area contributed by atoms with Gasteiger partial charge in [-0.2, -0.15) is 4.31 Å². The molecule has 1 amide bonds. The molecule has 0 aromatic heterocycles. The predicted molar refractivity (Wildman–Crippen MR) is 84.0 cm³/mol. The van der Waals surface area contributed by atoms with Crippen LogP contribution < -0.4 is 11.1 Å². The van der Waals surface area contributed by atoms with E-state index in [1.165, 1.54) is 19.2 Å². The van der Waals surface area contributed by atoms with Crippen molar-refractivity contribution >= 4 is 44.8 Å². The second kappa shape index (κ2) is 7.31. The van der Waals surface area contributed by atoms with Gasteiger partial charge in [-0.3, -0.25) is 4.79 Å². The van der Waals surface area contributed by atoms with E-state index in [4.69, 9.17) is 28.9 Å². The highest BCUT2D eigenvalue weighted by Gasteiger charge is 2.29. The van der Waals surface area contributed by atoms with Crippen molar-refractivity contribution in [1.29, 1.82) is 0 Å². The molecule has 0 aliphatic carbocycles. The molecule has 0 bridgehead atoms. The van der Waals surface area contributed by atoms with Gasteiger partial charge in [-0.15, -0.1) is 0 Å². The Kier molecular flexibility index (Phi) is 6.27. The van der Waals surface area contributed by atoms with Gasteiger partial charge < -0.3 is 11.1 Å². The maximum absolute atomic E-state index is 12.6. The van der Waals surface area contributed by atoms with Crippen LogP contribution in [0.3, 0.4) is 0 Å². The zero-order valence-electron chi connectivity index (χ0n) is 11.7. The number of carbonyl (C=O) groups excluding carboxylic acids is 1. The number of sulfonamides is 1. The normalized spacial score (nSPS) is 11.7. The van der Waals surface area contributed by atoms with Gasteiger partial charge in [0.2, 0.25) is 15.9 Å². The van der Waals surface area contributed by atoms with Gasteiger partial charge in [-0.1, -0.05) is 30.1 Å². The van der Waals surface area contributed by atoms with Crippen LogP contribution in [0.2, 0.25) is 10.0 Å². The third-order valence-electron chi connectivity index (χ3n) is 2.78. The zero-order valence-corrected chi connectivity index (χ0v) is 14.0. The average Bonchev–Trinajstić information content (AvgIpc) is 2.43. The fourth-order valence-electron chi connectivity index (χ4n) is 1.66. The van der Waals surface area contributed by atoms with E-state index >= 15 is 0 Å². The van der Waals surface area contributed by atoms with Crippen molar-refractivity contribution < 1.29 is 13.2 Å². The maximum atomic E-state index is 12.6. The number of benzene rings is 1. The highest BCUT2D eigenvalue weighted by atomic mass is 35.5. The molecular weight excluding hydrogens is 337 g/mol. The fraction of sp³-hybridized carbons (Fsp3) is 0.417. The zero-order chi connectivity index (χ0) is 16.2. The number of anilines is 1. The Labute approximate surface area is 134 Å². The number of likely N-dealkylation sites (N-methyl/N-ethyl adjacent to an activating group) is 1. The van der Waals surface area contributed by atoms with Crippen molar-refractivity contribution in [1.82, 2.24) is 9.62 Å². The first-order valence-electron chi connectivity index (χ1n) is 6.19. The van der Waals surface area contributed by atoms with E-state index < -0.39 is 15.9 Å². The summed E-state index contributed by atoms with van der Waals surface area (Å²) in [5, 5.41) is 2.42. The summed E-state index contributed by atoms with van der Waals surface area (Å²) in [5.41, 5.74) is 5.65. The van der Waals surface area contributed by atoms with Gasteiger partial charge in [-0.25, -0.2) is 8.42 Å². The van der Waals surface area contributed by atoms with E-state index in [1.54, 1.807) is 0 Å². The molecule has 0 saturated carbocycles. The fourth-order valence-corrected chi connectivity index (χ4v) is 3.89. The standard InChI is InChI=1S/C12H17Cl2N3O3S/c1-3-6-17(7-10(18)16-2)21(19,20)9-5-4-8(13)12(15)11(9)14/h4-5H,3,6-7,15H2,1-2H3,(H,16,18). The Bertz CT molecular complexity index is 635. The van der Waals surface area contributed by atoms with Gasteiger partial charge in [0.05, 0.1) is 22.3 Å². The molecule has 118 valence electrons. The van der Waals surface area contributed by atoms with Crippen molar-refractivity contribution in [3.8, 4) is 0 Å². The number of nitrogens with one attached hydrogen (secondary N) is 1. The van der Waals surface area contributed by atoms with E-state index in [0.29, 0.717) is 6.42 Å². The largest absolute Gasteiger partial charge is 0.396 e. The first-order chi connectivity index (χ1) is 9.75. The monoisotopic (exact) mass is 353 g/mol. The molecule has 6 nitrogen and oxygen atoms in total. The summed E-state index contributed by atoms with van der Waals surface area (Å²) < 4.78 is 26.3. The first kappa shape index (κ1) is 18.0. The third kappa shape index (κ3) is 4.00. The minimum Gasteiger partial charge on any atom is -0.396 e. The molecule has 0 spiro atoms. The molecule has 0 saturated heterocycles. The second-order valence-corrected chi connectivity index (χ2v) is 6.98. The molecule has 21 heavy (non-hydrogen) atoms. The van der Waals surface area contributed by atoms with Crippen LogP contribution in [-0.4, -0.2) is 38.8 Å². The summed E-state index contributed by atoms with van der Waals surface area (Å²) in [6.07, 6.45) is 0.552. The SMILES string of the molecule is CCCN(CC(=O)NC)S(=O)(=O)c1ccc(Cl)c(N)c1Cl. The first-order valence-corrected chi connectivity index (χ1v) is 8.39. The lowest BCUT2D eigenvalue weighted by atomic mass is 10.3. The quantitative estimate of drug-likeness (QED) is 0.761. The molecule has 9 heteroatoms. The lowest BCUT2D eigenvalue weighted by Crippen LogP contribution is -2.40. The summed E-state index contributed by atoms with van der Waals surface area (Å²) in [6, 6.07) is 2.64. The average molecular weight is 354 g/mol. The van der Waals surface area contributed by atoms with Crippen LogP contribution in [0.5, 0.6) is 0 Å². The molecule has 0 atom stereocenters. The molecule has 3 N–H and O–H groups in total. The topological polar surface area (TPSA) is 92.5 Å². The molecule has 0 unspecified atom stereocenters. The lowest BCUT2D eigenvalue weighted by molar-refractivity contribution is -0.120. The van der Waals surface area contributed by atoms with Crippen molar-refractivity contribution in [2.24, 2.45) is 0 Å². The minimum absolute atomic E-state index is 0.00389. The smallest absolute Gasteiger partial charge is 0.245 e. The van der Waals surface area contributed by atoms with Crippen LogP contribution >= 0.6 is 23.2 Å². The number of hydrogen-bond acceptors (Lipinski definition) is 4. The van der Waals surface area contributed by atoms with Crippen molar-refractivity contribution in [3.63, 3.8) is 0 Å². The van der Waals surface area contributed by atoms with Crippen LogP contribution in [0.4, 0.5) is 5.69 Å². The molecule has 0 aliphatic rings. The number of rotatable bonds is 6. The van der Waals surface area contributed by atoms with E-state index in [-0.39, 0.29) is 33.7 Å². The van der Waals surface area contributed by atoms with Crippen molar-refractivity contribution in [2.75, 3.05) is 25.9 Å². The Morgan fingerprint density at radius 1 is 1.38 bits per heavy atom. The third-order valence-corrected chi connectivity index (χ3v) is 5.52. The van der Waals surface area contributed by atoms with Crippen molar-refractivity contribution in [2.45, 2.75) is 18.2 Å². The van der Waals surface area contributed by atoms with Crippen LogP contribution in [-0.2, 0) is 14.8 Å². The van der Waals surface area contributed by atoms with Gasteiger partial charge in [-0.05, 0) is 18.6 Å². The Hall–Kier alpha value is -1.02. The molecule has 0 heterocycles. The van der Waals surface area contributed by atoms with Crippen LogP contribution in [0.25, 0.3) is 0 Å². The summed E-state index contributed by atoms with van der Waals surface area (Å²) in [4.78, 5) is 11.3. The number of nitrogens with two attached hydrogens (primary N) is 1. The van der Waals surface area contributed by atoms with Crippen LogP contribution in [0.1, 0.15) is 13.3 Å². The molecule has 1 aromatic rings. The van der Waals surface area contributed by atoms with Crippen molar-refractivity contribution in [3.05, 3.63) is 22.2 Å². The van der Waals surface area contributed by atoms with Gasteiger partial charge >= 0.3 is 0 Å². The van der Waals surface area contributed by atoms with E-state index in [1.807, 2.05) is 6.92 Å². The molecule has 1 aromatic carbocycles.